The van der Waals surface area contributed by atoms with E-state index in [4.69, 9.17) is 4.98 Å². The normalized spacial score (nSPS) is 10.8. The molecular weight excluding hydrogens is 1940 g/mol. The maximum atomic E-state index is 4.76. The Bertz CT molecular complexity index is 5720. The smallest absolute Gasteiger partial charge is 0.357 e. The third-order valence-electron chi connectivity index (χ3n) is 18.3. The van der Waals surface area contributed by atoms with Crippen molar-refractivity contribution in [2.75, 3.05) is 0 Å². The van der Waals surface area contributed by atoms with Gasteiger partial charge < -0.3 is 29.9 Å². The second-order valence-corrected chi connectivity index (χ2v) is 28.2. The summed E-state index contributed by atoms with van der Waals surface area (Å²) >= 11 is 15.5. The van der Waals surface area contributed by atoms with Gasteiger partial charge in [0.25, 0.3) is 0 Å². The molecule has 17 aromatic rings. The van der Waals surface area contributed by atoms with E-state index in [0.29, 0.717) is 11.4 Å². The molecule has 11 aromatic carbocycles. The van der Waals surface area contributed by atoms with Crippen molar-refractivity contribution < 1.29 is 40.2 Å². The van der Waals surface area contributed by atoms with E-state index < -0.39 is 0 Å². The molecule has 6 heterocycles. The number of benzene rings is 11. The fraction of sp³-hybridized carbons (Fsp3) is 0. The van der Waals surface area contributed by atoms with E-state index in [2.05, 4.69) is 325 Å². The zero-order valence-corrected chi connectivity index (χ0v) is 68.3. The van der Waals surface area contributed by atoms with Gasteiger partial charge in [-0.1, -0.05) is 308 Å². The first kappa shape index (κ1) is 74.4. The SMILES string of the molecule is Brc1cc(-c2ccccn2)[c-]cc1-c1ccccc1-c1cc(-c2ccc[c-]c2-c2c[c-]c(-c3[c-]cccn3)nc2)cc(-c2ccccc2-c2c[c-]c(-c3ccccn3)cc2Br)c1.Brc1cc(-c2ccccn2)[c-]cc1-c1ccccc1-c1cccc(-c2ccccc2-c2c[c-]c(-c3ccccn3)cc2Br)c1.[Ir+3].[Ir]. The number of rotatable bonds is 15. The number of nitrogens with zero attached hydrogens (tertiary/aromatic N) is 6. The fourth-order valence-electron chi connectivity index (χ4n) is 13.2. The van der Waals surface area contributed by atoms with Gasteiger partial charge in [0.05, 0.1) is 0 Å². The Morgan fingerprint density at radius 1 is 0.222 bits per heavy atom. The molecule has 1 radical (unpaired) electrons. The van der Waals surface area contributed by atoms with E-state index >= 15 is 0 Å². The van der Waals surface area contributed by atoms with Gasteiger partial charge in [-0.3, -0.25) is 0 Å². The van der Waals surface area contributed by atoms with Crippen LogP contribution in [0.2, 0.25) is 0 Å². The molecule has 0 N–H and O–H groups in total. The Morgan fingerprint density at radius 3 is 0.870 bits per heavy atom. The monoisotopic (exact) mass is 1990 g/mol. The first-order valence-corrected chi connectivity index (χ1v) is 37.3. The second-order valence-electron chi connectivity index (χ2n) is 24.8. The largest absolute Gasteiger partial charge is 3.00 e. The molecule has 0 unspecified atom stereocenters. The van der Waals surface area contributed by atoms with Crippen LogP contribution in [0.3, 0.4) is 0 Å². The number of hydrogen-bond donors (Lipinski definition) is 0. The molecule has 6 aromatic heterocycles. The molecule has 108 heavy (non-hydrogen) atoms. The standard InChI is InChI=1S/C56H31Br2N4.C40H24Br2N2.2Ir/c57-51-34-37(53-19-7-10-28-59-53)22-25-49(51)47-17-5-3-15-45(47)41-31-40(44-14-2-1-13-43(44)39-24-27-56(62-36-39)55-21-9-12-30-61-55)32-42(33-41)46-16-4-6-18-48(46)50-26-23-38(35-52(50)58)54-20-8-11-29-60-54;41-37-25-29(39-16-5-7-22-43-39)18-20-35(37)33-14-3-1-12-31(33)27-10-9-11-28(24-27)32-13-2-4-15-34(32)36-21-19-30(26-38(36)42)40-17-6-8-23-44-40;;/h1-12,14-20,24-26,28-36H;1-17,20-26H;;/q-5;-2;;+3. The van der Waals surface area contributed by atoms with Crippen molar-refractivity contribution in [1.29, 1.82) is 0 Å². The molecule has 17 rings (SSSR count). The molecule has 0 amide bonds. The number of aromatic nitrogens is 6. The van der Waals surface area contributed by atoms with Gasteiger partial charge in [0.15, 0.2) is 0 Å². The van der Waals surface area contributed by atoms with E-state index in [0.717, 1.165) is 174 Å². The second kappa shape index (κ2) is 34.6. The van der Waals surface area contributed by atoms with Crippen molar-refractivity contribution in [2.24, 2.45) is 0 Å². The average Bonchev–Trinajstić information content (AvgIpc) is 0.776. The number of pyridine rings is 6. The summed E-state index contributed by atoms with van der Waals surface area (Å²) in [5, 5.41) is 0. The zero-order valence-electron chi connectivity index (χ0n) is 57.1. The zero-order chi connectivity index (χ0) is 71.7. The summed E-state index contributed by atoms with van der Waals surface area (Å²) in [6, 6.07) is 126. The van der Waals surface area contributed by atoms with Gasteiger partial charge in [-0.15, -0.1) is 153 Å². The van der Waals surface area contributed by atoms with Crippen LogP contribution in [-0.2, 0) is 40.2 Å². The molecule has 0 fully saturated rings. The molecule has 0 spiro atoms. The van der Waals surface area contributed by atoms with Gasteiger partial charge in [-0.05, 0) is 116 Å². The first-order valence-electron chi connectivity index (χ1n) is 34.1. The summed E-state index contributed by atoms with van der Waals surface area (Å²) in [4.78, 5) is 27.3. The van der Waals surface area contributed by atoms with Crippen LogP contribution < -0.4 is 0 Å². The van der Waals surface area contributed by atoms with Crippen molar-refractivity contribution in [3.8, 4) is 168 Å². The first-order chi connectivity index (χ1) is 52.2. The van der Waals surface area contributed by atoms with Crippen LogP contribution in [0, 0.1) is 42.5 Å². The Labute approximate surface area is 689 Å². The Hall–Kier alpha value is -10.5. The number of halogens is 4. The molecule has 0 saturated carbocycles. The van der Waals surface area contributed by atoms with Crippen LogP contribution >= 0.6 is 63.7 Å². The molecule has 0 saturated heterocycles. The van der Waals surface area contributed by atoms with Gasteiger partial charge in [-0.2, -0.15) is 12.1 Å². The quantitative estimate of drug-likeness (QED) is 0.0952. The molecular formula is C96H55Br4Ir2N6-4. The summed E-state index contributed by atoms with van der Waals surface area (Å²) < 4.78 is 3.91. The van der Waals surface area contributed by atoms with Crippen molar-refractivity contribution in [2.45, 2.75) is 0 Å². The van der Waals surface area contributed by atoms with Gasteiger partial charge in [0.1, 0.15) is 0 Å². The molecule has 0 aliphatic heterocycles. The third kappa shape index (κ3) is 16.3. The van der Waals surface area contributed by atoms with Crippen LogP contribution in [0.1, 0.15) is 0 Å². The summed E-state index contributed by atoms with van der Waals surface area (Å²) in [6.45, 7) is 0. The molecule has 12 heteroatoms. The average molecular weight is 2000 g/mol. The van der Waals surface area contributed by atoms with Gasteiger partial charge in [-0.25, -0.2) is 12.1 Å². The van der Waals surface area contributed by atoms with Gasteiger partial charge in [0.2, 0.25) is 0 Å². The molecule has 0 bridgehead atoms. The number of hydrogen-bond acceptors (Lipinski definition) is 6. The van der Waals surface area contributed by atoms with E-state index in [1.807, 2.05) is 109 Å². The summed E-state index contributed by atoms with van der Waals surface area (Å²) in [7, 11) is 0. The Balaban J connectivity index is 0.000000188. The van der Waals surface area contributed by atoms with E-state index in [-0.39, 0.29) is 40.2 Å². The minimum Gasteiger partial charge on any atom is -0.357 e. The predicted molar refractivity (Wildman–Crippen MR) is 444 cm³/mol. The molecule has 0 aliphatic rings. The van der Waals surface area contributed by atoms with Crippen LogP contribution in [0.15, 0.2) is 352 Å². The van der Waals surface area contributed by atoms with Crippen LogP contribution in [-0.4, -0.2) is 29.9 Å². The summed E-state index contributed by atoms with van der Waals surface area (Å²) in [6.07, 6.45) is 10.8. The van der Waals surface area contributed by atoms with Crippen LogP contribution in [0.4, 0.5) is 0 Å². The van der Waals surface area contributed by atoms with Crippen molar-refractivity contribution in [3.63, 3.8) is 0 Å². The van der Waals surface area contributed by atoms with Crippen molar-refractivity contribution in [1.82, 2.24) is 29.9 Å². The fourth-order valence-corrected chi connectivity index (χ4v) is 15.4. The Morgan fingerprint density at radius 2 is 0.537 bits per heavy atom. The minimum absolute atomic E-state index is 0. The maximum Gasteiger partial charge on any atom is 3.00 e. The summed E-state index contributed by atoms with van der Waals surface area (Å²) in [5.41, 5.74) is 29.9. The molecule has 0 atom stereocenters. The van der Waals surface area contributed by atoms with Gasteiger partial charge >= 0.3 is 20.1 Å². The van der Waals surface area contributed by atoms with Crippen molar-refractivity contribution >= 4 is 63.7 Å². The van der Waals surface area contributed by atoms with Crippen LogP contribution in [0.25, 0.3) is 168 Å². The molecule has 519 valence electrons. The molecule has 6 nitrogen and oxygen atoms in total. The van der Waals surface area contributed by atoms with E-state index in [1.165, 1.54) is 0 Å². The topological polar surface area (TPSA) is 77.3 Å². The van der Waals surface area contributed by atoms with Crippen molar-refractivity contribution in [3.05, 3.63) is 395 Å². The molecule has 0 aliphatic carbocycles. The van der Waals surface area contributed by atoms with E-state index in [1.54, 1.807) is 31.0 Å². The van der Waals surface area contributed by atoms with Gasteiger partial charge in [0, 0.05) is 44.9 Å². The Kier molecular flexibility index (Phi) is 23.8. The minimum atomic E-state index is 0. The summed E-state index contributed by atoms with van der Waals surface area (Å²) in [5.74, 6) is 0. The third-order valence-corrected chi connectivity index (χ3v) is 20.9. The van der Waals surface area contributed by atoms with Crippen LogP contribution in [0.5, 0.6) is 0 Å². The predicted octanol–water partition coefficient (Wildman–Crippen LogP) is 26.4. The maximum absolute atomic E-state index is 4.76. The van der Waals surface area contributed by atoms with E-state index in [9.17, 15) is 0 Å².